The van der Waals surface area contributed by atoms with Gasteiger partial charge in [-0.05, 0) is 73.2 Å². The second kappa shape index (κ2) is 8.96. The van der Waals surface area contributed by atoms with E-state index in [9.17, 15) is 4.79 Å². The monoisotopic (exact) mass is 528 g/mol. The molecule has 6 rings (SSSR count). The molecule has 1 fully saturated rings. The minimum absolute atomic E-state index is 0.175. The molecule has 7 heteroatoms. The molecule has 1 aliphatic rings. The number of furan rings is 1. The quantitative estimate of drug-likeness (QED) is 0.286. The van der Waals surface area contributed by atoms with Crippen molar-refractivity contribution in [2.24, 2.45) is 5.92 Å². The van der Waals surface area contributed by atoms with Crippen molar-refractivity contribution in [2.45, 2.75) is 26.2 Å². The lowest BCUT2D eigenvalue weighted by atomic mass is 10.0. The van der Waals surface area contributed by atoms with Crippen LogP contribution in [0.3, 0.4) is 0 Å². The number of hydrogen-bond donors (Lipinski definition) is 0. The summed E-state index contributed by atoms with van der Waals surface area (Å²) in [7, 11) is 0. The maximum Gasteiger partial charge on any atom is 0.226 e. The summed E-state index contributed by atoms with van der Waals surface area (Å²) in [5.41, 5.74) is 5.87. The van der Waals surface area contributed by atoms with E-state index in [2.05, 4.69) is 51.4 Å². The Hall–Kier alpha value is -3.45. The number of carbonyl (C=O) groups excluding carboxylic acids is 1. The number of para-hydroxylation sites is 1. The van der Waals surface area contributed by atoms with Crippen molar-refractivity contribution in [3.63, 3.8) is 0 Å². The molecule has 1 aliphatic heterocycles. The van der Waals surface area contributed by atoms with E-state index in [0.717, 1.165) is 74.9 Å². The number of amides is 1. The van der Waals surface area contributed by atoms with Crippen LogP contribution in [-0.2, 0) is 17.6 Å². The van der Waals surface area contributed by atoms with Crippen molar-refractivity contribution in [1.29, 1.82) is 0 Å². The number of hydrogen-bond acceptors (Lipinski definition) is 4. The molecule has 0 spiro atoms. The van der Waals surface area contributed by atoms with Crippen LogP contribution < -0.4 is 0 Å². The zero-order valence-electron chi connectivity index (χ0n) is 19.4. The van der Waals surface area contributed by atoms with E-state index in [1.807, 2.05) is 58.2 Å². The van der Waals surface area contributed by atoms with E-state index in [1.165, 1.54) is 0 Å². The molecule has 0 bridgehead atoms. The molecular weight excluding hydrogens is 504 g/mol. The van der Waals surface area contributed by atoms with Crippen molar-refractivity contribution >= 4 is 43.8 Å². The van der Waals surface area contributed by atoms with Crippen LogP contribution in [0.25, 0.3) is 27.6 Å². The number of aromatic nitrogens is 3. The highest BCUT2D eigenvalue weighted by Gasteiger charge is 2.27. The average molecular weight is 529 g/mol. The molecule has 35 heavy (non-hydrogen) atoms. The van der Waals surface area contributed by atoms with Crippen molar-refractivity contribution in [3.05, 3.63) is 88.2 Å². The highest BCUT2D eigenvalue weighted by Crippen LogP contribution is 2.30. The third-order valence-electron chi connectivity index (χ3n) is 6.88. The van der Waals surface area contributed by atoms with Crippen LogP contribution in [0.5, 0.6) is 0 Å². The number of fused-ring (bicyclic) bond motifs is 3. The van der Waals surface area contributed by atoms with E-state index >= 15 is 0 Å². The van der Waals surface area contributed by atoms with E-state index in [0.29, 0.717) is 12.3 Å². The molecule has 5 aromatic rings. The molecule has 3 heterocycles. The number of rotatable bonds is 5. The van der Waals surface area contributed by atoms with Crippen molar-refractivity contribution < 1.29 is 9.21 Å². The lowest BCUT2D eigenvalue weighted by Gasteiger charge is -2.16. The molecule has 0 aliphatic carbocycles. The van der Waals surface area contributed by atoms with Gasteiger partial charge in [0.15, 0.2) is 0 Å². The van der Waals surface area contributed by atoms with Gasteiger partial charge in [0, 0.05) is 28.3 Å². The van der Waals surface area contributed by atoms with Crippen LogP contribution in [-0.4, -0.2) is 38.9 Å². The average Bonchev–Trinajstić information content (AvgIpc) is 3.58. The van der Waals surface area contributed by atoms with Crippen molar-refractivity contribution in [3.8, 4) is 5.69 Å². The summed E-state index contributed by atoms with van der Waals surface area (Å²) in [6.45, 7) is 3.62. The minimum Gasteiger partial charge on any atom is -0.456 e. The predicted octanol–water partition coefficient (Wildman–Crippen LogP) is 5.87. The zero-order valence-corrected chi connectivity index (χ0v) is 21.0. The summed E-state index contributed by atoms with van der Waals surface area (Å²) < 4.78 is 8.80. The van der Waals surface area contributed by atoms with Crippen molar-refractivity contribution in [2.75, 3.05) is 13.1 Å². The van der Waals surface area contributed by atoms with Gasteiger partial charge >= 0.3 is 0 Å². The van der Waals surface area contributed by atoms with Crippen LogP contribution in [0.2, 0.25) is 0 Å². The first-order valence-corrected chi connectivity index (χ1v) is 12.7. The van der Waals surface area contributed by atoms with Gasteiger partial charge in [-0.3, -0.25) is 4.79 Å². The van der Waals surface area contributed by atoms with Gasteiger partial charge in [-0.25, -0.2) is 4.68 Å². The summed E-state index contributed by atoms with van der Waals surface area (Å²) in [5.74, 6) is 0.573. The van der Waals surface area contributed by atoms with Gasteiger partial charge in [0.25, 0.3) is 0 Å². The topological polar surface area (TPSA) is 64.2 Å². The molecule has 1 unspecified atom stereocenters. The van der Waals surface area contributed by atoms with Crippen LogP contribution in [0.15, 0.2) is 75.8 Å². The summed E-state index contributed by atoms with van der Waals surface area (Å²) in [6.07, 6.45) is 4.22. The van der Waals surface area contributed by atoms with Gasteiger partial charge < -0.3 is 9.32 Å². The van der Waals surface area contributed by atoms with Crippen LogP contribution in [0.4, 0.5) is 0 Å². The molecule has 6 nitrogen and oxygen atoms in total. The van der Waals surface area contributed by atoms with Crippen LogP contribution >= 0.6 is 15.9 Å². The number of likely N-dealkylation sites (tertiary alicyclic amines) is 1. The van der Waals surface area contributed by atoms with Gasteiger partial charge in [-0.2, -0.15) is 0 Å². The van der Waals surface area contributed by atoms with Crippen LogP contribution in [0, 0.1) is 12.8 Å². The second-order valence-corrected chi connectivity index (χ2v) is 10.3. The molecule has 0 N–H and O–H groups in total. The molecule has 1 amide bonds. The maximum absolute atomic E-state index is 13.1. The van der Waals surface area contributed by atoms with E-state index in [4.69, 9.17) is 4.42 Å². The van der Waals surface area contributed by atoms with Gasteiger partial charge in [0.1, 0.15) is 11.2 Å². The lowest BCUT2D eigenvalue weighted by molar-refractivity contribution is -0.129. The minimum atomic E-state index is 0.175. The maximum atomic E-state index is 13.1. The molecule has 3 aromatic carbocycles. The first kappa shape index (κ1) is 22.0. The zero-order chi connectivity index (χ0) is 23.9. The van der Waals surface area contributed by atoms with E-state index in [-0.39, 0.29) is 5.91 Å². The fourth-order valence-electron chi connectivity index (χ4n) is 5.08. The Morgan fingerprint density at radius 2 is 1.94 bits per heavy atom. The van der Waals surface area contributed by atoms with Crippen LogP contribution in [0.1, 0.15) is 23.2 Å². The first-order chi connectivity index (χ1) is 17.0. The normalized spacial score (nSPS) is 15.9. The molecule has 176 valence electrons. The van der Waals surface area contributed by atoms with Gasteiger partial charge in [-0.15, -0.1) is 5.10 Å². The van der Waals surface area contributed by atoms with Gasteiger partial charge in [-0.1, -0.05) is 45.4 Å². The van der Waals surface area contributed by atoms with E-state index in [1.54, 1.807) is 0 Å². The Labute approximate surface area is 211 Å². The fourth-order valence-corrected chi connectivity index (χ4v) is 5.55. The highest BCUT2D eigenvalue weighted by molar-refractivity contribution is 9.10. The third-order valence-corrected chi connectivity index (χ3v) is 7.37. The number of aryl methyl sites for hydroxylation is 1. The summed E-state index contributed by atoms with van der Waals surface area (Å²) in [4.78, 5) is 15.1. The number of benzene rings is 3. The SMILES string of the molecule is Cc1cc(Br)ccc1-n1cc(CC2CCN(C(=O)Cc3ccc4oc5ccccc5c4c3)C2)nn1. The first-order valence-electron chi connectivity index (χ1n) is 11.9. The molecular formula is C28H25BrN4O2. The Balaban J connectivity index is 1.10. The highest BCUT2D eigenvalue weighted by atomic mass is 79.9. The Morgan fingerprint density at radius 3 is 2.83 bits per heavy atom. The smallest absolute Gasteiger partial charge is 0.226 e. The Morgan fingerprint density at radius 1 is 1.09 bits per heavy atom. The standard InChI is InChI=1S/C28H25BrN4O2/c1-18-12-21(29)7-8-25(18)33-17-22(30-31-33)13-20-10-11-32(16-20)28(34)15-19-6-9-27-24(14-19)23-4-2-3-5-26(23)35-27/h2-9,12,14,17,20H,10-11,13,15-16H2,1H3. The molecule has 0 radical (unpaired) electrons. The molecule has 1 saturated heterocycles. The lowest BCUT2D eigenvalue weighted by Crippen LogP contribution is -2.30. The summed E-state index contributed by atoms with van der Waals surface area (Å²) in [6, 6.07) is 20.2. The molecule has 2 aromatic heterocycles. The van der Waals surface area contributed by atoms with Gasteiger partial charge in [0.2, 0.25) is 5.91 Å². The molecule has 0 saturated carbocycles. The van der Waals surface area contributed by atoms with E-state index < -0.39 is 0 Å². The fraction of sp³-hybridized carbons (Fsp3) is 0.250. The van der Waals surface area contributed by atoms with Crippen molar-refractivity contribution in [1.82, 2.24) is 19.9 Å². The second-order valence-electron chi connectivity index (χ2n) is 9.39. The number of halogens is 1. The number of carbonyl (C=O) groups is 1. The summed E-state index contributed by atoms with van der Waals surface area (Å²) >= 11 is 3.51. The predicted molar refractivity (Wildman–Crippen MR) is 140 cm³/mol. The molecule has 1 atom stereocenters. The largest absolute Gasteiger partial charge is 0.456 e. The number of nitrogens with zero attached hydrogens (tertiary/aromatic N) is 4. The Bertz CT molecular complexity index is 1550. The third kappa shape index (κ3) is 4.36. The Kier molecular flexibility index (Phi) is 5.65. The van der Waals surface area contributed by atoms with Gasteiger partial charge in [0.05, 0.1) is 24.0 Å². The summed E-state index contributed by atoms with van der Waals surface area (Å²) in [5, 5.41) is 10.9.